The molecule has 1 N–H and O–H groups in total. The van der Waals surface area contributed by atoms with Crippen LogP contribution < -0.4 is 0 Å². The van der Waals surface area contributed by atoms with Crippen LogP contribution in [-0.2, 0) is 23.3 Å². The van der Waals surface area contributed by atoms with Gasteiger partial charge in [0.05, 0.1) is 22.6 Å². The van der Waals surface area contributed by atoms with Crippen LogP contribution in [-0.4, -0.2) is 11.1 Å². The second kappa shape index (κ2) is 11.4. The van der Waals surface area contributed by atoms with Crippen molar-refractivity contribution in [3.63, 3.8) is 0 Å². The second-order valence-corrected chi connectivity index (χ2v) is 9.66. The average Bonchev–Trinajstić information content (AvgIpc) is 2.84. The maximum absolute atomic E-state index is 13.2. The lowest BCUT2D eigenvalue weighted by atomic mass is 9.87. The average molecular weight is 574 g/mol. The van der Waals surface area contributed by atoms with Crippen LogP contribution in [0.15, 0.2) is 60.7 Å². The topological polar surface area (TPSA) is 37.3 Å². The highest BCUT2D eigenvalue weighted by atomic mass is 19.4. The molecule has 3 rings (SSSR count). The summed E-state index contributed by atoms with van der Waals surface area (Å²) in [6.45, 7) is 3.59. The fourth-order valence-electron chi connectivity index (χ4n) is 4.11. The number of aliphatic carboxylic acids is 1. The predicted molar refractivity (Wildman–Crippen MR) is 132 cm³/mol. The molecule has 0 spiro atoms. The highest BCUT2D eigenvalue weighted by Crippen LogP contribution is 2.37. The standard InChI is InChI=1S/C29H23F9O2/c1-16(2)9-25(26(39)40)21-11-17(10-20(14-21)19-5-7-22(8-6-19)27(30,31)32)3-4-18-12-23(28(33,34)35)15-24(13-18)29(36,37)38/h3-8,10-16,25H,9H2,1-2H3,(H,39,40)/b4-3+. The van der Waals surface area contributed by atoms with Crippen molar-refractivity contribution in [1.82, 2.24) is 0 Å². The summed E-state index contributed by atoms with van der Waals surface area (Å²) in [4.78, 5) is 12.0. The van der Waals surface area contributed by atoms with Crippen molar-refractivity contribution >= 4 is 18.1 Å². The molecule has 0 aliphatic heterocycles. The number of carboxylic acids is 1. The SMILES string of the molecule is CC(C)CC(C(=O)O)c1cc(/C=C/c2cc(C(F)(F)F)cc(C(F)(F)F)c2)cc(-c2ccc(C(F)(F)F)cc2)c1. The fourth-order valence-corrected chi connectivity index (χ4v) is 4.11. The van der Waals surface area contributed by atoms with E-state index >= 15 is 0 Å². The van der Waals surface area contributed by atoms with Gasteiger partial charge in [-0.15, -0.1) is 0 Å². The maximum Gasteiger partial charge on any atom is 0.416 e. The first-order valence-corrected chi connectivity index (χ1v) is 11.9. The van der Waals surface area contributed by atoms with Gasteiger partial charge in [0.1, 0.15) is 0 Å². The Morgan fingerprint density at radius 3 is 1.57 bits per heavy atom. The van der Waals surface area contributed by atoms with Gasteiger partial charge in [0.25, 0.3) is 0 Å². The molecular formula is C29H23F9O2. The summed E-state index contributed by atoms with van der Waals surface area (Å²) in [6.07, 6.45) is -12.2. The van der Waals surface area contributed by atoms with Crippen LogP contribution in [0, 0.1) is 5.92 Å². The van der Waals surface area contributed by atoms with Gasteiger partial charge in [0.15, 0.2) is 0 Å². The number of benzene rings is 3. The molecule has 40 heavy (non-hydrogen) atoms. The van der Waals surface area contributed by atoms with Crippen molar-refractivity contribution in [2.45, 2.75) is 44.7 Å². The molecule has 0 heterocycles. The van der Waals surface area contributed by atoms with Gasteiger partial charge in [0, 0.05) is 0 Å². The highest BCUT2D eigenvalue weighted by Gasteiger charge is 2.36. The summed E-state index contributed by atoms with van der Waals surface area (Å²) in [5.41, 5.74) is -3.17. The molecular weight excluding hydrogens is 551 g/mol. The lowest BCUT2D eigenvalue weighted by Gasteiger charge is -2.17. The number of carbonyl (C=O) groups is 1. The summed E-state index contributed by atoms with van der Waals surface area (Å²) in [6, 6.07) is 9.56. The summed E-state index contributed by atoms with van der Waals surface area (Å²) >= 11 is 0. The Bertz CT molecular complexity index is 1350. The molecule has 1 atom stereocenters. The first-order chi connectivity index (χ1) is 18.3. The smallest absolute Gasteiger partial charge is 0.416 e. The Labute approximate surface area is 223 Å². The molecule has 1 unspecified atom stereocenters. The molecule has 0 bridgehead atoms. The van der Waals surface area contributed by atoms with Crippen LogP contribution in [0.3, 0.4) is 0 Å². The molecule has 0 saturated carbocycles. The summed E-state index contributed by atoms with van der Waals surface area (Å²) < 4.78 is 119. The number of rotatable bonds is 7. The molecule has 214 valence electrons. The normalized spacial score (nSPS) is 13.7. The number of halogens is 9. The van der Waals surface area contributed by atoms with Crippen LogP contribution in [0.5, 0.6) is 0 Å². The summed E-state index contributed by atoms with van der Waals surface area (Å²) in [7, 11) is 0. The van der Waals surface area contributed by atoms with Crippen molar-refractivity contribution in [2.24, 2.45) is 5.92 Å². The third-order valence-electron chi connectivity index (χ3n) is 6.01. The summed E-state index contributed by atoms with van der Waals surface area (Å²) in [5, 5.41) is 9.82. The molecule has 11 heteroatoms. The van der Waals surface area contributed by atoms with Gasteiger partial charge in [-0.25, -0.2) is 0 Å². The quantitative estimate of drug-likeness (QED) is 0.225. The van der Waals surface area contributed by atoms with Crippen LogP contribution in [0.1, 0.15) is 59.6 Å². The minimum Gasteiger partial charge on any atom is -0.481 e. The highest BCUT2D eigenvalue weighted by molar-refractivity contribution is 5.80. The molecule has 0 aromatic heterocycles. The van der Waals surface area contributed by atoms with Crippen molar-refractivity contribution in [1.29, 1.82) is 0 Å². The first-order valence-electron chi connectivity index (χ1n) is 11.9. The third-order valence-corrected chi connectivity index (χ3v) is 6.01. The Morgan fingerprint density at radius 2 is 1.15 bits per heavy atom. The van der Waals surface area contributed by atoms with E-state index in [0.717, 1.165) is 18.2 Å². The Hall–Kier alpha value is -3.76. The molecule has 0 aliphatic carbocycles. The zero-order chi connectivity index (χ0) is 30.0. The molecule has 0 aliphatic rings. The van der Waals surface area contributed by atoms with Crippen molar-refractivity contribution in [3.05, 3.63) is 94.0 Å². The molecule has 0 amide bonds. The molecule has 3 aromatic carbocycles. The Kier molecular flexibility index (Phi) is 8.76. The van der Waals surface area contributed by atoms with E-state index in [-0.39, 0.29) is 29.5 Å². The van der Waals surface area contributed by atoms with Crippen LogP contribution in [0.2, 0.25) is 0 Å². The van der Waals surface area contributed by atoms with E-state index in [1.54, 1.807) is 13.8 Å². The van der Waals surface area contributed by atoms with E-state index in [4.69, 9.17) is 0 Å². The van der Waals surface area contributed by atoms with E-state index in [9.17, 15) is 49.4 Å². The van der Waals surface area contributed by atoms with Crippen molar-refractivity contribution in [2.75, 3.05) is 0 Å². The van der Waals surface area contributed by atoms with Gasteiger partial charge in [-0.3, -0.25) is 4.79 Å². The third kappa shape index (κ3) is 7.89. The molecule has 0 radical (unpaired) electrons. The molecule has 0 fully saturated rings. The fraction of sp³-hybridized carbons (Fsp3) is 0.276. The molecule has 0 saturated heterocycles. The zero-order valence-electron chi connectivity index (χ0n) is 21.0. The minimum absolute atomic E-state index is 0.00402. The molecule has 2 nitrogen and oxygen atoms in total. The number of hydrogen-bond acceptors (Lipinski definition) is 1. The van der Waals surface area contributed by atoms with Crippen LogP contribution >= 0.6 is 0 Å². The maximum atomic E-state index is 13.2. The van der Waals surface area contributed by atoms with E-state index in [1.807, 2.05) is 0 Å². The van der Waals surface area contributed by atoms with Gasteiger partial charge < -0.3 is 5.11 Å². The zero-order valence-corrected chi connectivity index (χ0v) is 21.0. The number of hydrogen-bond donors (Lipinski definition) is 1. The van der Waals surface area contributed by atoms with Crippen molar-refractivity contribution < 1.29 is 49.4 Å². The van der Waals surface area contributed by atoms with Gasteiger partial charge in [-0.05, 0) is 76.6 Å². The molecule has 3 aromatic rings. The second-order valence-electron chi connectivity index (χ2n) is 9.66. The van der Waals surface area contributed by atoms with Gasteiger partial charge in [-0.2, -0.15) is 39.5 Å². The van der Waals surface area contributed by atoms with E-state index in [0.29, 0.717) is 23.3 Å². The number of alkyl halides is 9. The van der Waals surface area contributed by atoms with Crippen LogP contribution in [0.25, 0.3) is 23.3 Å². The largest absolute Gasteiger partial charge is 0.481 e. The van der Waals surface area contributed by atoms with Gasteiger partial charge in [0.2, 0.25) is 0 Å². The van der Waals surface area contributed by atoms with E-state index in [2.05, 4.69) is 0 Å². The lowest BCUT2D eigenvalue weighted by molar-refractivity contribution is -0.143. The predicted octanol–water partition coefficient (Wildman–Crippen LogP) is 9.79. The van der Waals surface area contributed by atoms with Crippen LogP contribution in [0.4, 0.5) is 39.5 Å². The van der Waals surface area contributed by atoms with Crippen molar-refractivity contribution in [3.8, 4) is 11.1 Å². The minimum atomic E-state index is -5.04. The van der Waals surface area contributed by atoms with Gasteiger partial charge in [-0.1, -0.05) is 50.3 Å². The number of carboxylic acid groups (broad SMARTS) is 1. The van der Waals surface area contributed by atoms with E-state index in [1.165, 1.54) is 36.4 Å². The summed E-state index contributed by atoms with van der Waals surface area (Å²) in [5.74, 6) is -2.24. The van der Waals surface area contributed by atoms with Gasteiger partial charge >= 0.3 is 24.5 Å². The van der Waals surface area contributed by atoms with E-state index < -0.39 is 52.7 Å². The Balaban J connectivity index is 2.15. The first kappa shape index (κ1) is 30.8. The Morgan fingerprint density at radius 1 is 0.675 bits per heavy atom. The monoisotopic (exact) mass is 574 g/mol. The lowest BCUT2D eigenvalue weighted by Crippen LogP contribution is -2.14.